The van der Waals surface area contributed by atoms with Crippen LogP contribution in [0.5, 0.6) is 17.4 Å². The minimum atomic E-state index is -3.02. The molecule has 2 aromatic heterocycles. The standard InChI is InChI=1S/C32H27BF4N5O4/c1-17-9-28(46-30-24(34)3-2-4-25(30)35)39-15-26(17)42-31(38)23(14-40-42)29(44)21-10-19-12-22(18-5-7-41(8-6-18)33-16-43)27(45-32(36)37)13-20(19)11-21/h2-4,9,11-16,18,32H,5-8,10,38H2,1H3. The molecule has 0 atom stereocenters. The predicted octanol–water partition coefficient (Wildman–Crippen LogP) is 5.64. The summed E-state index contributed by atoms with van der Waals surface area (Å²) in [5, 5.41) is 4.28. The quantitative estimate of drug-likeness (QED) is 0.104. The fourth-order valence-corrected chi connectivity index (χ4v) is 5.88. The molecule has 46 heavy (non-hydrogen) atoms. The number of anilines is 1. The summed E-state index contributed by atoms with van der Waals surface area (Å²) in [6.07, 6.45) is 6.62. The summed E-state index contributed by atoms with van der Waals surface area (Å²) < 4.78 is 66.3. The van der Waals surface area contributed by atoms with E-state index in [4.69, 9.17) is 15.2 Å². The Kier molecular flexibility index (Phi) is 8.63. The number of alkyl halides is 2. The lowest BCUT2D eigenvalue weighted by molar-refractivity contribution is -0.0507. The molecule has 1 radical (unpaired) electrons. The van der Waals surface area contributed by atoms with Crippen molar-refractivity contribution in [3.05, 3.63) is 93.8 Å². The lowest BCUT2D eigenvalue weighted by atomic mass is 9.83. The highest BCUT2D eigenvalue weighted by molar-refractivity contribution is 6.64. The summed E-state index contributed by atoms with van der Waals surface area (Å²) in [5.41, 5.74) is 9.93. The van der Waals surface area contributed by atoms with E-state index in [2.05, 4.69) is 10.1 Å². The zero-order valence-corrected chi connectivity index (χ0v) is 24.6. The highest BCUT2D eigenvalue weighted by Crippen LogP contribution is 2.40. The third kappa shape index (κ3) is 6.12. The third-order valence-corrected chi connectivity index (χ3v) is 8.19. The second-order valence-corrected chi connectivity index (χ2v) is 11.1. The van der Waals surface area contributed by atoms with Crippen molar-refractivity contribution in [1.82, 2.24) is 19.6 Å². The number of nitrogen functional groups attached to an aromatic ring is 1. The number of carbonyl (C=O) groups is 2. The van der Waals surface area contributed by atoms with Crippen molar-refractivity contribution in [3.63, 3.8) is 0 Å². The van der Waals surface area contributed by atoms with Crippen LogP contribution in [-0.4, -0.2) is 58.7 Å². The number of fused-ring (bicyclic) bond motifs is 1. The smallest absolute Gasteiger partial charge is 0.387 e. The number of aryl methyl sites for hydroxylation is 1. The van der Waals surface area contributed by atoms with E-state index in [1.54, 1.807) is 19.1 Å². The molecule has 1 aliphatic carbocycles. The van der Waals surface area contributed by atoms with Crippen LogP contribution < -0.4 is 15.2 Å². The average Bonchev–Trinajstić information content (AvgIpc) is 3.62. The Labute approximate surface area is 261 Å². The topological polar surface area (TPSA) is 113 Å². The van der Waals surface area contributed by atoms with Crippen LogP contribution in [0, 0.1) is 18.6 Å². The van der Waals surface area contributed by atoms with Gasteiger partial charge in [-0.15, -0.1) is 0 Å². The van der Waals surface area contributed by atoms with Gasteiger partial charge < -0.3 is 24.8 Å². The molecule has 1 aliphatic heterocycles. The van der Waals surface area contributed by atoms with Crippen LogP contribution in [-0.2, 0) is 11.2 Å². The van der Waals surface area contributed by atoms with Crippen molar-refractivity contribution in [2.24, 2.45) is 0 Å². The number of hydrogen-bond acceptors (Lipinski definition) is 8. The molecule has 4 aromatic rings. The number of nitrogens with zero attached hydrogens (tertiary/aromatic N) is 4. The summed E-state index contributed by atoms with van der Waals surface area (Å²) in [4.78, 5) is 30.5. The monoisotopic (exact) mass is 632 g/mol. The van der Waals surface area contributed by atoms with Crippen LogP contribution in [0.1, 0.15) is 51.4 Å². The molecule has 3 heterocycles. The first-order chi connectivity index (χ1) is 22.1. The Morgan fingerprint density at radius 2 is 1.87 bits per heavy atom. The van der Waals surface area contributed by atoms with E-state index in [0.29, 0.717) is 53.9 Å². The van der Waals surface area contributed by atoms with Gasteiger partial charge in [-0.2, -0.15) is 13.9 Å². The number of pyridine rings is 1. The maximum atomic E-state index is 14.0. The van der Waals surface area contributed by atoms with Crippen LogP contribution in [0.15, 0.2) is 54.4 Å². The molecule has 235 valence electrons. The van der Waals surface area contributed by atoms with E-state index in [9.17, 15) is 27.2 Å². The second kappa shape index (κ2) is 12.8. The summed E-state index contributed by atoms with van der Waals surface area (Å²) in [5.74, 6) is -2.72. The number of ether oxygens (including phenoxy) is 2. The minimum absolute atomic E-state index is 0.0434. The van der Waals surface area contributed by atoms with Crippen molar-refractivity contribution in [1.29, 1.82) is 0 Å². The van der Waals surface area contributed by atoms with E-state index < -0.39 is 24.0 Å². The van der Waals surface area contributed by atoms with Gasteiger partial charge in [0.05, 0.1) is 29.8 Å². The van der Waals surface area contributed by atoms with Crippen molar-refractivity contribution in [2.45, 2.75) is 38.7 Å². The molecule has 6 rings (SSSR count). The Morgan fingerprint density at radius 1 is 1.13 bits per heavy atom. The van der Waals surface area contributed by atoms with Crippen LogP contribution in [0.2, 0.25) is 0 Å². The van der Waals surface area contributed by atoms with Gasteiger partial charge in [-0.3, -0.25) is 4.79 Å². The van der Waals surface area contributed by atoms with Gasteiger partial charge in [-0.05, 0) is 85.3 Å². The predicted molar refractivity (Wildman–Crippen MR) is 162 cm³/mol. The molecule has 2 aliphatic rings. The molecule has 14 heteroatoms. The first-order valence-corrected chi connectivity index (χ1v) is 14.4. The number of carbonyl (C=O) groups excluding carboxylic acids is 2. The Balaban J connectivity index is 1.22. The Bertz CT molecular complexity index is 1840. The lowest BCUT2D eigenvalue weighted by Crippen LogP contribution is -2.36. The van der Waals surface area contributed by atoms with E-state index in [0.717, 1.165) is 23.9 Å². The number of halogens is 4. The van der Waals surface area contributed by atoms with Crippen LogP contribution in [0.25, 0.3) is 11.8 Å². The minimum Gasteiger partial charge on any atom is -0.435 e. The van der Waals surface area contributed by atoms with Crippen molar-refractivity contribution < 1.29 is 36.6 Å². The summed E-state index contributed by atoms with van der Waals surface area (Å²) in [6, 6.07) is 8.18. The van der Waals surface area contributed by atoms with Gasteiger partial charge in [0.1, 0.15) is 11.6 Å². The number of piperidine rings is 1. The highest BCUT2D eigenvalue weighted by atomic mass is 19.3. The maximum Gasteiger partial charge on any atom is 0.387 e. The SMILES string of the molecule is Cc1cc(Oc2c(F)cccc2F)ncc1-n1ncc(C(=O)C2=Cc3cc(OC(F)F)c(C4CCN([B]C=O)CC4)cc3C2)c1N. The number of rotatable bonds is 10. The first-order valence-electron chi connectivity index (χ1n) is 14.4. The van der Waals surface area contributed by atoms with Crippen molar-refractivity contribution in [3.8, 4) is 23.1 Å². The maximum absolute atomic E-state index is 14.0. The molecule has 0 bridgehead atoms. The van der Waals surface area contributed by atoms with Crippen LogP contribution in [0.3, 0.4) is 0 Å². The normalized spacial score (nSPS) is 15.0. The molecule has 1 saturated heterocycles. The van der Waals surface area contributed by atoms with Gasteiger partial charge in [0.15, 0.2) is 17.4 Å². The van der Waals surface area contributed by atoms with Crippen molar-refractivity contribution in [2.75, 3.05) is 18.8 Å². The van der Waals surface area contributed by atoms with Gasteiger partial charge in [-0.25, -0.2) is 18.4 Å². The molecular formula is C32H27BF4N5O4. The molecule has 0 amide bonds. The number of benzene rings is 2. The van der Waals surface area contributed by atoms with E-state index in [-0.39, 0.29) is 41.1 Å². The Hall–Kier alpha value is -4.98. The molecule has 2 aromatic carbocycles. The Morgan fingerprint density at radius 3 is 2.54 bits per heavy atom. The second-order valence-electron chi connectivity index (χ2n) is 11.1. The van der Waals surface area contributed by atoms with Gasteiger partial charge in [0.2, 0.25) is 11.6 Å². The summed E-state index contributed by atoms with van der Waals surface area (Å²) in [7, 11) is 1.48. The molecule has 1 fully saturated rings. The number of nitrogens with two attached hydrogens (primary N) is 1. The molecular weight excluding hydrogens is 605 g/mol. The van der Waals surface area contributed by atoms with Crippen molar-refractivity contribution >= 4 is 31.3 Å². The molecule has 0 spiro atoms. The largest absolute Gasteiger partial charge is 0.435 e. The molecule has 2 N–H and O–H groups in total. The lowest BCUT2D eigenvalue weighted by Gasteiger charge is -2.32. The average molecular weight is 632 g/mol. The number of ketones is 1. The number of hydrogen-bond donors (Lipinski definition) is 1. The van der Waals surface area contributed by atoms with E-state index >= 15 is 0 Å². The van der Waals surface area contributed by atoms with E-state index in [1.165, 1.54) is 36.6 Å². The molecule has 0 unspecified atom stereocenters. The first kappa shape index (κ1) is 31.0. The molecule has 9 nitrogen and oxygen atoms in total. The fraction of sp³-hybridized carbons (Fsp3) is 0.250. The number of para-hydroxylation sites is 1. The summed E-state index contributed by atoms with van der Waals surface area (Å²) in [6.45, 7) is -0.109. The van der Waals surface area contributed by atoms with Gasteiger partial charge >= 0.3 is 6.61 Å². The third-order valence-electron chi connectivity index (χ3n) is 8.19. The van der Waals surface area contributed by atoms with Crippen LogP contribution >= 0.6 is 0 Å². The molecule has 0 saturated carbocycles. The fourth-order valence-electron chi connectivity index (χ4n) is 5.88. The summed E-state index contributed by atoms with van der Waals surface area (Å²) >= 11 is 0. The van der Waals surface area contributed by atoms with Gasteiger partial charge in [0.25, 0.3) is 7.41 Å². The number of allylic oxidation sites excluding steroid dienone is 1. The zero-order valence-electron chi connectivity index (χ0n) is 24.6. The van der Waals surface area contributed by atoms with E-state index in [1.807, 2.05) is 10.9 Å². The van der Waals surface area contributed by atoms with Gasteiger partial charge in [-0.1, -0.05) is 12.1 Å². The highest BCUT2D eigenvalue weighted by Gasteiger charge is 2.29. The zero-order chi connectivity index (χ0) is 32.5. The number of aromatic nitrogens is 3. The number of Topliss-reactive ketones (excluding diaryl/α,β-unsaturated/α-hetero) is 1. The van der Waals surface area contributed by atoms with Crippen LogP contribution in [0.4, 0.5) is 23.4 Å². The van der Waals surface area contributed by atoms with Gasteiger partial charge in [0, 0.05) is 18.1 Å².